The zero-order valence-corrected chi connectivity index (χ0v) is 14.1. The Bertz CT molecular complexity index is 914. The fraction of sp³-hybridized carbons (Fsp3) is 0.150. The van der Waals surface area contributed by atoms with Crippen LogP contribution in [0.1, 0.15) is 10.4 Å². The average molecular weight is 349 g/mol. The number of benzene rings is 2. The fourth-order valence-electron chi connectivity index (χ4n) is 3.16. The summed E-state index contributed by atoms with van der Waals surface area (Å²) in [5, 5.41) is 9.56. The number of nitrogens with zero attached hydrogens (tertiary/aromatic N) is 2. The number of nitrogens with two attached hydrogens (primary N) is 1. The second-order valence-electron chi connectivity index (χ2n) is 6.28. The Balaban J connectivity index is 1.55. The van der Waals surface area contributed by atoms with E-state index in [0.29, 0.717) is 24.5 Å². The van der Waals surface area contributed by atoms with Gasteiger partial charge in [-0.25, -0.2) is 4.79 Å². The summed E-state index contributed by atoms with van der Waals surface area (Å²) in [6.45, 7) is 1.39. The van der Waals surface area contributed by atoms with Crippen LogP contribution >= 0.6 is 0 Å². The number of hydrogen-bond donors (Lipinski definition) is 2. The summed E-state index contributed by atoms with van der Waals surface area (Å²) in [4.78, 5) is 13.8. The molecule has 3 aromatic rings. The van der Waals surface area contributed by atoms with Crippen molar-refractivity contribution in [2.75, 3.05) is 23.7 Å². The highest BCUT2D eigenvalue weighted by Gasteiger charge is 2.31. The van der Waals surface area contributed by atoms with Crippen molar-refractivity contribution in [2.45, 2.75) is 6.10 Å². The van der Waals surface area contributed by atoms with Gasteiger partial charge in [0.05, 0.1) is 30.0 Å². The number of para-hydroxylation sites is 1. The van der Waals surface area contributed by atoms with Crippen LogP contribution in [0, 0.1) is 0 Å². The first-order chi connectivity index (χ1) is 12.6. The molecule has 6 heteroatoms. The first-order valence-electron chi connectivity index (χ1n) is 8.38. The van der Waals surface area contributed by atoms with Crippen molar-refractivity contribution in [2.24, 2.45) is 0 Å². The quantitative estimate of drug-likeness (QED) is 0.692. The number of hydrogen-bond acceptors (Lipinski definition) is 4. The summed E-state index contributed by atoms with van der Waals surface area (Å²) in [6, 6.07) is 16.4. The number of rotatable bonds is 5. The molecule has 0 unspecified atom stereocenters. The van der Waals surface area contributed by atoms with Gasteiger partial charge in [-0.15, -0.1) is 0 Å². The van der Waals surface area contributed by atoms with Crippen molar-refractivity contribution in [1.29, 1.82) is 0 Å². The molecule has 132 valence electrons. The van der Waals surface area contributed by atoms with Gasteiger partial charge in [-0.3, -0.25) is 0 Å². The molecule has 26 heavy (non-hydrogen) atoms. The Morgan fingerprint density at radius 2 is 1.73 bits per heavy atom. The molecule has 2 aromatic carbocycles. The van der Waals surface area contributed by atoms with Gasteiger partial charge in [0.1, 0.15) is 11.9 Å². The zero-order valence-electron chi connectivity index (χ0n) is 14.1. The standard InChI is InChI=1S/C20H19N3O3/c21-14-6-8-15(9-7-14)26-16-12-23(13-16)18-5-3-4-17(20(24)25)19(18)22-10-1-2-11-22/h1-11,16H,12-13,21H2,(H,24,25). The van der Waals surface area contributed by atoms with E-state index in [2.05, 4.69) is 4.90 Å². The van der Waals surface area contributed by atoms with E-state index in [0.717, 1.165) is 11.4 Å². The van der Waals surface area contributed by atoms with Crippen LogP contribution < -0.4 is 15.4 Å². The number of carbonyl (C=O) groups is 1. The van der Waals surface area contributed by atoms with Gasteiger partial charge in [0.25, 0.3) is 0 Å². The third-order valence-corrected chi connectivity index (χ3v) is 4.48. The Labute approximate surface area is 151 Å². The van der Waals surface area contributed by atoms with Crippen molar-refractivity contribution in [3.8, 4) is 11.4 Å². The molecular formula is C20H19N3O3. The van der Waals surface area contributed by atoms with Gasteiger partial charge in [-0.1, -0.05) is 6.07 Å². The van der Waals surface area contributed by atoms with Crippen molar-refractivity contribution in [3.05, 3.63) is 72.6 Å². The Morgan fingerprint density at radius 1 is 1.04 bits per heavy atom. The molecule has 1 aromatic heterocycles. The molecular weight excluding hydrogens is 330 g/mol. The molecule has 3 N–H and O–H groups in total. The summed E-state index contributed by atoms with van der Waals surface area (Å²) in [6.07, 6.45) is 3.77. The van der Waals surface area contributed by atoms with Gasteiger partial charge in [0.2, 0.25) is 0 Å². The monoisotopic (exact) mass is 349 g/mol. The van der Waals surface area contributed by atoms with E-state index >= 15 is 0 Å². The van der Waals surface area contributed by atoms with Crippen LogP contribution in [0.4, 0.5) is 11.4 Å². The molecule has 1 saturated heterocycles. The summed E-state index contributed by atoms with van der Waals surface area (Å²) < 4.78 is 7.79. The molecule has 2 heterocycles. The lowest BCUT2D eigenvalue weighted by Crippen LogP contribution is -2.54. The maximum absolute atomic E-state index is 11.7. The average Bonchev–Trinajstić information content (AvgIpc) is 3.13. The van der Waals surface area contributed by atoms with Crippen LogP contribution in [0.25, 0.3) is 5.69 Å². The minimum atomic E-state index is -0.939. The molecule has 0 atom stereocenters. The number of carboxylic acid groups (broad SMARTS) is 1. The summed E-state index contributed by atoms with van der Waals surface area (Å²) in [5.41, 5.74) is 8.24. The third-order valence-electron chi connectivity index (χ3n) is 4.48. The first kappa shape index (κ1) is 16.1. The van der Waals surface area contributed by atoms with Crippen LogP contribution in [0.3, 0.4) is 0 Å². The van der Waals surface area contributed by atoms with E-state index in [9.17, 15) is 9.90 Å². The molecule has 0 spiro atoms. The highest BCUT2D eigenvalue weighted by Crippen LogP contribution is 2.32. The first-order valence-corrected chi connectivity index (χ1v) is 8.38. The molecule has 0 radical (unpaired) electrons. The van der Waals surface area contributed by atoms with Crippen LogP contribution in [0.2, 0.25) is 0 Å². The lowest BCUT2D eigenvalue weighted by atomic mass is 10.1. The normalized spacial score (nSPS) is 14.1. The number of nitrogen functional groups attached to an aromatic ring is 1. The van der Waals surface area contributed by atoms with Crippen molar-refractivity contribution < 1.29 is 14.6 Å². The van der Waals surface area contributed by atoms with Crippen molar-refractivity contribution in [1.82, 2.24) is 4.57 Å². The number of aromatic carboxylic acids is 1. The van der Waals surface area contributed by atoms with Gasteiger partial charge in [-0.05, 0) is 48.5 Å². The minimum absolute atomic E-state index is 0.0598. The Hall–Kier alpha value is -3.41. The molecule has 4 rings (SSSR count). The highest BCUT2D eigenvalue weighted by molar-refractivity contribution is 5.95. The lowest BCUT2D eigenvalue weighted by Gasteiger charge is -2.41. The van der Waals surface area contributed by atoms with Crippen LogP contribution in [0.15, 0.2) is 67.0 Å². The van der Waals surface area contributed by atoms with E-state index in [-0.39, 0.29) is 11.7 Å². The highest BCUT2D eigenvalue weighted by atomic mass is 16.5. The van der Waals surface area contributed by atoms with Gasteiger partial charge >= 0.3 is 5.97 Å². The van der Waals surface area contributed by atoms with Crippen molar-refractivity contribution >= 4 is 17.3 Å². The second-order valence-corrected chi connectivity index (χ2v) is 6.28. The predicted molar refractivity (Wildman–Crippen MR) is 100 cm³/mol. The van der Waals surface area contributed by atoms with E-state index < -0.39 is 5.97 Å². The molecule has 0 amide bonds. The van der Waals surface area contributed by atoms with Gasteiger partial charge in [0, 0.05) is 18.1 Å². The smallest absolute Gasteiger partial charge is 0.337 e. The topological polar surface area (TPSA) is 80.7 Å². The number of carboxylic acids is 1. The maximum atomic E-state index is 11.7. The van der Waals surface area contributed by atoms with Crippen LogP contribution in [-0.2, 0) is 0 Å². The minimum Gasteiger partial charge on any atom is -0.487 e. The summed E-state index contributed by atoms with van der Waals surface area (Å²) in [7, 11) is 0. The van der Waals surface area contributed by atoms with E-state index in [1.807, 2.05) is 59.4 Å². The van der Waals surface area contributed by atoms with Gasteiger partial charge in [0.15, 0.2) is 0 Å². The Morgan fingerprint density at radius 3 is 2.38 bits per heavy atom. The zero-order chi connectivity index (χ0) is 18.1. The Kier molecular flexibility index (Phi) is 4.01. The molecule has 1 aliphatic rings. The number of aromatic nitrogens is 1. The van der Waals surface area contributed by atoms with Crippen LogP contribution in [-0.4, -0.2) is 34.8 Å². The van der Waals surface area contributed by atoms with E-state index in [4.69, 9.17) is 10.5 Å². The second kappa shape index (κ2) is 6.48. The molecule has 1 aliphatic heterocycles. The molecule has 0 bridgehead atoms. The predicted octanol–water partition coefficient (Wildman–Crippen LogP) is 3.03. The van der Waals surface area contributed by atoms with Gasteiger partial charge in [-0.2, -0.15) is 0 Å². The maximum Gasteiger partial charge on any atom is 0.337 e. The SMILES string of the molecule is Nc1ccc(OC2CN(c3cccc(C(=O)O)c3-n3cccc3)C2)cc1. The van der Waals surface area contributed by atoms with Crippen LogP contribution in [0.5, 0.6) is 5.75 Å². The van der Waals surface area contributed by atoms with Crippen molar-refractivity contribution in [3.63, 3.8) is 0 Å². The molecule has 1 fully saturated rings. The fourth-order valence-corrected chi connectivity index (χ4v) is 3.16. The summed E-state index contributed by atoms with van der Waals surface area (Å²) >= 11 is 0. The number of anilines is 2. The van der Waals surface area contributed by atoms with E-state index in [1.165, 1.54) is 0 Å². The van der Waals surface area contributed by atoms with Gasteiger partial charge < -0.3 is 25.0 Å². The molecule has 6 nitrogen and oxygen atoms in total. The number of ether oxygens (including phenoxy) is 1. The third kappa shape index (κ3) is 2.97. The summed E-state index contributed by atoms with van der Waals surface area (Å²) in [5.74, 6) is -0.153. The molecule has 0 saturated carbocycles. The van der Waals surface area contributed by atoms with E-state index in [1.54, 1.807) is 12.1 Å². The largest absolute Gasteiger partial charge is 0.487 e. The lowest BCUT2D eigenvalue weighted by molar-refractivity contribution is 0.0697. The molecule has 0 aliphatic carbocycles.